The SMILES string of the molecule is O=C(O)c1c(-c2ccccc2)cccc1C(F)(F)F. The van der Waals surface area contributed by atoms with Crippen LogP contribution in [0.2, 0.25) is 0 Å². The third-order valence-corrected chi connectivity index (χ3v) is 2.67. The molecule has 19 heavy (non-hydrogen) atoms. The van der Waals surface area contributed by atoms with Crippen molar-refractivity contribution in [2.24, 2.45) is 0 Å². The number of carbonyl (C=O) groups is 1. The van der Waals surface area contributed by atoms with Crippen molar-refractivity contribution < 1.29 is 23.1 Å². The average Bonchev–Trinajstić information content (AvgIpc) is 2.37. The molecule has 0 amide bonds. The fourth-order valence-corrected chi connectivity index (χ4v) is 1.88. The van der Waals surface area contributed by atoms with Crippen molar-refractivity contribution in [3.8, 4) is 11.1 Å². The zero-order chi connectivity index (χ0) is 14.0. The van der Waals surface area contributed by atoms with Crippen molar-refractivity contribution in [2.45, 2.75) is 6.18 Å². The van der Waals surface area contributed by atoms with Crippen molar-refractivity contribution in [1.29, 1.82) is 0 Å². The Labute approximate surface area is 107 Å². The summed E-state index contributed by atoms with van der Waals surface area (Å²) < 4.78 is 38.5. The first-order chi connectivity index (χ1) is 8.91. The Morgan fingerprint density at radius 2 is 1.58 bits per heavy atom. The molecule has 0 saturated heterocycles. The Kier molecular flexibility index (Phi) is 3.29. The smallest absolute Gasteiger partial charge is 0.417 e. The molecule has 0 fully saturated rings. The van der Waals surface area contributed by atoms with E-state index in [2.05, 4.69) is 0 Å². The molecule has 0 atom stereocenters. The summed E-state index contributed by atoms with van der Waals surface area (Å²) in [7, 11) is 0. The number of benzene rings is 2. The van der Waals surface area contributed by atoms with Gasteiger partial charge in [0.15, 0.2) is 0 Å². The summed E-state index contributed by atoms with van der Waals surface area (Å²) >= 11 is 0. The van der Waals surface area contributed by atoms with E-state index in [4.69, 9.17) is 5.11 Å². The Morgan fingerprint density at radius 1 is 0.947 bits per heavy atom. The predicted molar refractivity (Wildman–Crippen MR) is 63.8 cm³/mol. The Morgan fingerprint density at radius 3 is 2.11 bits per heavy atom. The number of alkyl halides is 3. The molecule has 1 N–H and O–H groups in total. The lowest BCUT2D eigenvalue weighted by atomic mass is 9.95. The summed E-state index contributed by atoms with van der Waals surface area (Å²) in [4.78, 5) is 11.2. The van der Waals surface area contributed by atoms with Gasteiger partial charge in [-0.05, 0) is 17.2 Å². The second-order valence-corrected chi connectivity index (χ2v) is 3.90. The summed E-state index contributed by atoms with van der Waals surface area (Å²) in [6.45, 7) is 0. The highest BCUT2D eigenvalue weighted by molar-refractivity contribution is 5.97. The summed E-state index contributed by atoms with van der Waals surface area (Å²) in [5.74, 6) is -1.59. The van der Waals surface area contributed by atoms with E-state index < -0.39 is 23.3 Å². The third kappa shape index (κ3) is 2.59. The van der Waals surface area contributed by atoms with Crippen LogP contribution in [-0.4, -0.2) is 11.1 Å². The lowest BCUT2D eigenvalue weighted by molar-refractivity contribution is -0.138. The molecule has 0 aromatic heterocycles. The summed E-state index contributed by atoms with van der Waals surface area (Å²) in [6.07, 6.45) is -4.70. The minimum absolute atomic E-state index is 0.0583. The van der Waals surface area contributed by atoms with E-state index in [9.17, 15) is 18.0 Å². The summed E-state index contributed by atoms with van der Waals surface area (Å²) in [5, 5.41) is 9.07. The highest BCUT2D eigenvalue weighted by Gasteiger charge is 2.36. The standard InChI is InChI=1S/C14H9F3O2/c15-14(16,17)11-8-4-7-10(12(11)13(18)19)9-5-2-1-3-6-9/h1-8H,(H,18,19). The first-order valence-electron chi connectivity index (χ1n) is 5.40. The molecule has 0 aliphatic rings. The van der Waals surface area contributed by atoms with Gasteiger partial charge in [0.2, 0.25) is 0 Å². The van der Waals surface area contributed by atoms with Crippen LogP contribution in [0.15, 0.2) is 48.5 Å². The quantitative estimate of drug-likeness (QED) is 0.889. The Bertz CT molecular complexity index is 604. The van der Waals surface area contributed by atoms with Crippen LogP contribution >= 0.6 is 0 Å². The van der Waals surface area contributed by atoms with Crippen LogP contribution in [0.1, 0.15) is 15.9 Å². The molecule has 0 radical (unpaired) electrons. The van der Waals surface area contributed by atoms with Crippen molar-refractivity contribution in [2.75, 3.05) is 0 Å². The molecule has 0 heterocycles. The maximum Gasteiger partial charge on any atom is 0.417 e. The maximum absolute atomic E-state index is 12.8. The number of carboxylic acid groups (broad SMARTS) is 1. The van der Waals surface area contributed by atoms with Gasteiger partial charge in [0.25, 0.3) is 0 Å². The topological polar surface area (TPSA) is 37.3 Å². The zero-order valence-corrected chi connectivity index (χ0v) is 9.61. The molecular weight excluding hydrogens is 257 g/mol. The molecular formula is C14H9F3O2. The van der Waals surface area contributed by atoms with Gasteiger partial charge in [0.05, 0.1) is 11.1 Å². The van der Waals surface area contributed by atoms with Crippen LogP contribution in [0, 0.1) is 0 Å². The zero-order valence-electron chi connectivity index (χ0n) is 9.61. The monoisotopic (exact) mass is 266 g/mol. The van der Waals surface area contributed by atoms with Gasteiger partial charge in [-0.3, -0.25) is 0 Å². The van der Waals surface area contributed by atoms with Crippen molar-refractivity contribution in [3.63, 3.8) is 0 Å². The fraction of sp³-hybridized carbons (Fsp3) is 0.0714. The van der Waals surface area contributed by atoms with E-state index in [0.717, 1.165) is 6.07 Å². The van der Waals surface area contributed by atoms with E-state index in [1.807, 2.05) is 0 Å². The number of rotatable bonds is 2. The largest absolute Gasteiger partial charge is 0.478 e. The van der Waals surface area contributed by atoms with E-state index in [1.165, 1.54) is 12.1 Å². The van der Waals surface area contributed by atoms with Gasteiger partial charge in [-0.2, -0.15) is 13.2 Å². The average molecular weight is 266 g/mol. The van der Waals surface area contributed by atoms with Crippen LogP contribution in [-0.2, 0) is 6.18 Å². The lowest BCUT2D eigenvalue weighted by Crippen LogP contribution is -2.14. The van der Waals surface area contributed by atoms with Gasteiger partial charge in [-0.15, -0.1) is 0 Å². The Balaban J connectivity index is 2.73. The van der Waals surface area contributed by atoms with Gasteiger partial charge in [0.1, 0.15) is 0 Å². The number of halogens is 3. The first-order valence-corrected chi connectivity index (χ1v) is 5.40. The number of hydrogen-bond acceptors (Lipinski definition) is 1. The minimum Gasteiger partial charge on any atom is -0.478 e. The molecule has 5 heteroatoms. The van der Waals surface area contributed by atoms with Crippen LogP contribution in [0.25, 0.3) is 11.1 Å². The lowest BCUT2D eigenvalue weighted by Gasteiger charge is -2.14. The van der Waals surface area contributed by atoms with Crippen molar-refractivity contribution in [3.05, 3.63) is 59.7 Å². The molecule has 98 valence electrons. The normalized spacial score (nSPS) is 11.3. The van der Waals surface area contributed by atoms with Crippen LogP contribution in [0.4, 0.5) is 13.2 Å². The van der Waals surface area contributed by atoms with Gasteiger partial charge >= 0.3 is 12.1 Å². The van der Waals surface area contributed by atoms with Gasteiger partial charge in [-0.1, -0.05) is 42.5 Å². The molecule has 2 aromatic carbocycles. The van der Waals surface area contributed by atoms with Crippen LogP contribution in [0.3, 0.4) is 0 Å². The molecule has 0 bridgehead atoms. The molecule has 0 saturated carbocycles. The molecule has 0 aliphatic heterocycles. The van der Waals surface area contributed by atoms with E-state index in [-0.39, 0.29) is 5.56 Å². The summed E-state index contributed by atoms with van der Waals surface area (Å²) in [6, 6.07) is 11.5. The summed E-state index contributed by atoms with van der Waals surface area (Å²) in [5.41, 5.74) is -1.36. The van der Waals surface area contributed by atoms with E-state index in [0.29, 0.717) is 5.56 Å². The van der Waals surface area contributed by atoms with E-state index >= 15 is 0 Å². The number of hydrogen-bond donors (Lipinski definition) is 1. The predicted octanol–water partition coefficient (Wildman–Crippen LogP) is 4.07. The van der Waals surface area contributed by atoms with Crippen LogP contribution in [0.5, 0.6) is 0 Å². The Hall–Kier alpha value is -2.30. The van der Waals surface area contributed by atoms with Gasteiger partial charge < -0.3 is 5.11 Å². The molecule has 0 spiro atoms. The van der Waals surface area contributed by atoms with Gasteiger partial charge in [0, 0.05) is 0 Å². The molecule has 0 aliphatic carbocycles. The van der Waals surface area contributed by atoms with Crippen molar-refractivity contribution in [1.82, 2.24) is 0 Å². The number of carboxylic acids is 1. The minimum atomic E-state index is -4.70. The second kappa shape index (κ2) is 4.76. The molecule has 2 rings (SSSR count). The van der Waals surface area contributed by atoms with E-state index in [1.54, 1.807) is 30.3 Å². The second-order valence-electron chi connectivity index (χ2n) is 3.90. The molecule has 2 nitrogen and oxygen atoms in total. The fourth-order valence-electron chi connectivity index (χ4n) is 1.88. The van der Waals surface area contributed by atoms with Crippen molar-refractivity contribution >= 4 is 5.97 Å². The van der Waals surface area contributed by atoms with Crippen LogP contribution < -0.4 is 0 Å². The molecule has 0 unspecified atom stereocenters. The van der Waals surface area contributed by atoms with Gasteiger partial charge in [-0.25, -0.2) is 4.79 Å². The highest BCUT2D eigenvalue weighted by Crippen LogP contribution is 2.36. The molecule has 2 aromatic rings. The highest BCUT2D eigenvalue weighted by atomic mass is 19.4. The number of aromatic carboxylic acids is 1. The first kappa shape index (κ1) is 13.1. The maximum atomic E-state index is 12.8. The third-order valence-electron chi connectivity index (χ3n) is 2.67.